The lowest BCUT2D eigenvalue weighted by atomic mass is 10.2. The molecule has 0 saturated carbocycles. The van der Waals surface area contributed by atoms with Gasteiger partial charge in [0.1, 0.15) is 0 Å². The van der Waals surface area contributed by atoms with Gasteiger partial charge in [-0.05, 0) is 33.8 Å². The summed E-state index contributed by atoms with van der Waals surface area (Å²) in [5.41, 5.74) is 6.67. The van der Waals surface area contributed by atoms with Gasteiger partial charge >= 0.3 is 0 Å². The maximum atomic E-state index is 5.69. The summed E-state index contributed by atoms with van der Waals surface area (Å²) in [6.07, 6.45) is 0.828. The number of hydrogen-bond acceptors (Lipinski definition) is 4. The van der Waals surface area contributed by atoms with Crippen LogP contribution in [0.1, 0.15) is 12.5 Å². The highest BCUT2D eigenvalue weighted by atomic mass is 79.9. The van der Waals surface area contributed by atoms with E-state index in [-0.39, 0.29) is 0 Å². The molecule has 0 unspecified atom stereocenters. The van der Waals surface area contributed by atoms with Gasteiger partial charge in [-0.3, -0.25) is 0 Å². The van der Waals surface area contributed by atoms with Crippen molar-refractivity contribution in [2.75, 3.05) is 5.73 Å². The van der Waals surface area contributed by atoms with E-state index < -0.39 is 0 Å². The Labute approximate surface area is 94.0 Å². The Morgan fingerprint density at radius 1 is 1.64 bits per heavy atom. The van der Waals surface area contributed by atoms with Crippen molar-refractivity contribution in [2.45, 2.75) is 13.3 Å². The Hall–Kier alpha value is -0.810. The molecule has 0 aromatic carbocycles. The summed E-state index contributed by atoms with van der Waals surface area (Å²) in [6.45, 7) is 2.04. The second-order valence-electron chi connectivity index (χ2n) is 2.83. The second kappa shape index (κ2) is 3.74. The molecule has 0 aliphatic heterocycles. The summed E-state index contributed by atoms with van der Waals surface area (Å²) in [5, 5.41) is 5.77. The van der Waals surface area contributed by atoms with Crippen molar-refractivity contribution in [3.05, 3.63) is 21.5 Å². The molecule has 0 amide bonds. The lowest BCUT2D eigenvalue weighted by molar-refractivity contribution is 0.436. The van der Waals surface area contributed by atoms with Gasteiger partial charge in [0.05, 0.1) is 4.88 Å². The number of halogens is 1. The summed E-state index contributed by atoms with van der Waals surface area (Å²) in [7, 11) is 0. The van der Waals surface area contributed by atoms with Crippen LogP contribution in [0, 0.1) is 0 Å². The van der Waals surface area contributed by atoms with E-state index in [0.29, 0.717) is 5.82 Å². The van der Waals surface area contributed by atoms with E-state index in [1.54, 1.807) is 11.3 Å². The average Bonchev–Trinajstić information content (AvgIpc) is 2.71. The van der Waals surface area contributed by atoms with Crippen LogP contribution in [0.15, 0.2) is 20.4 Å². The Morgan fingerprint density at radius 2 is 2.43 bits per heavy atom. The Morgan fingerprint density at radius 3 is 3.00 bits per heavy atom. The first-order chi connectivity index (χ1) is 6.74. The molecular formula is C9H9BrN2OS. The van der Waals surface area contributed by atoms with Crippen LogP contribution in [0.25, 0.3) is 10.6 Å². The molecular weight excluding hydrogens is 264 g/mol. The summed E-state index contributed by atoms with van der Waals surface area (Å²) in [4.78, 5) is 1.05. The molecule has 3 nitrogen and oxygen atoms in total. The van der Waals surface area contributed by atoms with Crippen molar-refractivity contribution in [1.29, 1.82) is 0 Å². The fourth-order valence-corrected chi connectivity index (χ4v) is 2.85. The van der Waals surface area contributed by atoms with Crippen LogP contribution in [-0.4, -0.2) is 5.16 Å². The molecule has 0 aliphatic carbocycles. The van der Waals surface area contributed by atoms with Gasteiger partial charge in [0.2, 0.25) is 0 Å². The highest BCUT2D eigenvalue weighted by Gasteiger charge is 2.17. The van der Waals surface area contributed by atoms with E-state index in [4.69, 9.17) is 10.3 Å². The first-order valence-corrected chi connectivity index (χ1v) is 5.88. The number of nitrogen functional groups attached to an aromatic ring is 1. The van der Waals surface area contributed by atoms with Crippen molar-refractivity contribution in [3.8, 4) is 10.6 Å². The molecule has 0 saturated heterocycles. The molecule has 2 N–H and O–H groups in total. The van der Waals surface area contributed by atoms with Crippen molar-refractivity contribution in [1.82, 2.24) is 5.16 Å². The fraction of sp³-hybridized carbons (Fsp3) is 0.222. The van der Waals surface area contributed by atoms with Gasteiger partial charge < -0.3 is 10.3 Å². The Balaban J connectivity index is 2.57. The topological polar surface area (TPSA) is 52.0 Å². The minimum atomic E-state index is 0.489. The number of anilines is 1. The molecule has 0 fully saturated rings. The minimum Gasteiger partial charge on any atom is -0.381 e. The molecule has 0 bridgehead atoms. The van der Waals surface area contributed by atoms with Crippen LogP contribution in [-0.2, 0) is 6.42 Å². The monoisotopic (exact) mass is 272 g/mol. The number of rotatable bonds is 2. The van der Waals surface area contributed by atoms with Gasteiger partial charge in [-0.2, -0.15) is 0 Å². The molecule has 5 heteroatoms. The quantitative estimate of drug-likeness (QED) is 0.913. The predicted molar refractivity (Wildman–Crippen MR) is 61.3 cm³/mol. The molecule has 74 valence electrons. The first-order valence-electron chi connectivity index (χ1n) is 4.21. The summed E-state index contributed by atoms with van der Waals surface area (Å²) in [5.74, 6) is 1.27. The van der Waals surface area contributed by atoms with Gasteiger partial charge in [0, 0.05) is 10.0 Å². The maximum Gasteiger partial charge on any atom is 0.183 e. The zero-order valence-corrected chi connectivity index (χ0v) is 9.98. The molecule has 0 aliphatic rings. The smallest absolute Gasteiger partial charge is 0.183 e. The van der Waals surface area contributed by atoms with Crippen molar-refractivity contribution < 1.29 is 4.52 Å². The minimum absolute atomic E-state index is 0.489. The molecule has 2 heterocycles. The number of nitrogens with two attached hydrogens (primary N) is 1. The van der Waals surface area contributed by atoms with E-state index in [0.717, 1.165) is 27.1 Å². The summed E-state index contributed by atoms with van der Waals surface area (Å²) < 4.78 is 6.24. The lowest BCUT2D eigenvalue weighted by Gasteiger charge is -1.96. The summed E-state index contributed by atoms with van der Waals surface area (Å²) in [6, 6.07) is 1.98. The van der Waals surface area contributed by atoms with E-state index >= 15 is 0 Å². The van der Waals surface area contributed by atoms with Crippen molar-refractivity contribution >= 4 is 33.1 Å². The third-order valence-corrected chi connectivity index (χ3v) is 3.83. The Kier molecular flexibility index (Phi) is 2.60. The zero-order chi connectivity index (χ0) is 10.1. The number of hydrogen-bond donors (Lipinski definition) is 1. The van der Waals surface area contributed by atoms with Crippen LogP contribution >= 0.6 is 27.3 Å². The largest absolute Gasteiger partial charge is 0.381 e. The molecule has 0 atom stereocenters. The van der Waals surface area contributed by atoms with Gasteiger partial charge in [-0.1, -0.05) is 12.1 Å². The average molecular weight is 273 g/mol. The second-order valence-corrected chi connectivity index (χ2v) is 4.60. The van der Waals surface area contributed by atoms with Gasteiger partial charge in [-0.25, -0.2) is 0 Å². The van der Waals surface area contributed by atoms with Crippen molar-refractivity contribution in [2.24, 2.45) is 0 Å². The number of aromatic nitrogens is 1. The fourth-order valence-electron chi connectivity index (χ4n) is 1.30. The van der Waals surface area contributed by atoms with Crippen LogP contribution in [0.4, 0.5) is 5.82 Å². The predicted octanol–water partition coefficient (Wildman–Crippen LogP) is 3.31. The molecule has 2 aromatic rings. The van der Waals surface area contributed by atoms with Gasteiger partial charge in [0.25, 0.3) is 0 Å². The molecule has 0 radical (unpaired) electrons. The normalized spacial score (nSPS) is 10.7. The molecule has 2 aromatic heterocycles. The highest BCUT2D eigenvalue weighted by molar-refractivity contribution is 9.10. The van der Waals surface area contributed by atoms with E-state index in [1.807, 2.05) is 18.4 Å². The van der Waals surface area contributed by atoms with E-state index in [9.17, 15) is 0 Å². The van der Waals surface area contributed by atoms with Crippen molar-refractivity contribution in [3.63, 3.8) is 0 Å². The molecule has 0 spiro atoms. The zero-order valence-electron chi connectivity index (χ0n) is 7.58. The van der Waals surface area contributed by atoms with Gasteiger partial charge in [-0.15, -0.1) is 11.3 Å². The third-order valence-electron chi connectivity index (χ3n) is 2.00. The number of nitrogens with zero attached hydrogens (tertiary/aromatic N) is 1. The first kappa shape index (κ1) is 9.73. The van der Waals surface area contributed by atoms with Crippen LogP contribution in [0.3, 0.4) is 0 Å². The molecule has 14 heavy (non-hydrogen) atoms. The standard InChI is InChI=1S/C9H9BrN2OS/c1-2-5-7(13-12-9(5)11)8-6(10)3-4-14-8/h3-4H,2H2,1H3,(H2,11,12). The van der Waals surface area contributed by atoms with Gasteiger partial charge in [0.15, 0.2) is 11.6 Å². The maximum absolute atomic E-state index is 5.69. The Bertz CT molecular complexity index is 449. The van der Waals surface area contributed by atoms with Crippen LogP contribution in [0.5, 0.6) is 0 Å². The highest BCUT2D eigenvalue weighted by Crippen LogP contribution is 2.37. The number of thiophene rings is 1. The van der Waals surface area contributed by atoms with Crippen LogP contribution in [0.2, 0.25) is 0 Å². The lowest BCUT2D eigenvalue weighted by Crippen LogP contribution is -1.90. The van der Waals surface area contributed by atoms with E-state index in [2.05, 4.69) is 21.1 Å². The SMILES string of the molecule is CCc1c(N)noc1-c1sccc1Br. The van der Waals surface area contributed by atoms with Crippen LogP contribution < -0.4 is 5.73 Å². The molecule has 2 rings (SSSR count). The third kappa shape index (κ3) is 1.46. The summed E-state index contributed by atoms with van der Waals surface area (Å²) >= 11 is 5.07. The van der Waals surface area contributed by atoms with E-state index in [1.165, 1.54) is 0 Å².